The molecule has 4 rings (SSSR count). The summed E-state index contributed by atoms with van der Waals surface area (Å²) in [6, 6.07) is 6.61. The number of halogens is 6. The molecule has 3 aromatic rings. The van der Waals surface area contributed by atoms with Gasteiger partial charge in [-0.2, -0.15) is 0 Å². The van der Waals surface area contributed by atoms with Gasteiger partial charge < -0.3 is 0 Å². The van der Waals surface area contributed by atoms with E-state index >= 15 is 0 Å². The van der Waals surface area contributed by atoms with Crippen molar-refractivity contribution in [3.8, 4) is 11.1 Å². The van der Waals surface area contributed by atoms with Crippen LogP contribution in [0.2, 0.25) is 0 Å². The van der Waals surface area contributed by atoms with Gasteiger partial charge in [0.25, 0.3) is 0 Å². The van der Waals surface area contributed by atoms with Crippen LogP contribution < -0.4 is 0 Å². The van der Waals surface area contributed by atoms with Gasteiger partial charge in [-0.3, -0.25) is 0 Å². The Bertz CT molecular complexity index is 1150. The van der Waals surface area contributed by atoms with E-state index in [4.69, 9.17) is 0 Å². The van der Waals surface area contributed by atoms with E-state index in [2.05, 4.69) is 0 Å². The third-order valence-corrected chi connectivity index (χ3v) is 5.35. The lowest BCUT2D eigenvalue weighted by molar-refractivity contribution is 0.447. The predicted octanol–water partition coefficient (Wildman–Crippen LogP) is 7.24. The van der Waals surface area contributed by atoms with Gasteiger partial charge in [0.1, 0.15) is 17.5 Å². The van der Waals surface area contributed by atoms with Crippen LogP contribution in [0.25, 0.3) is 22.8 Å². The van der Waals surface area contributed by atoms with Crippen molar-refractivity contribution in [2.24, 2.45) is 0 Å². The largest absolute Gasteiger partial charge is 0.206 e. The molecule has 0 N–H and O–H groups in total. The van der Waals surface area contributed by atoms with Gasteiger partial charge in [0.2, 0.25) is 0 Å². The Kier molecular flexibility index (Phi) is 5.18. The standard InChI is InChI=1S/C24H16F6/c1-2-12-5-19(26)23(20(27)6-12)14-4-3-13-8-17(18(25)9-15(13)7-14)16-10-21(28)24(30)22(29)11-16/h5-11H,2-4H2,1H3. The smallest absolute Gasteiger partial charge is 0.194 e. The first-order valence-electron chi connectivity index (χ1n) is 9.44. The van der Waals surface area contributed by atoms with Crippen LogP contribution in [-0.2, 0) is 12.8 Å². The molecule has 0 atom stereocenters. The number of aryl methyl sites for hydroxylation is 2. The zero-order valence-electron chi connectivity index (χ0n) is 15.9. The van der Waals surface area contributed by atoms with Crippen molar-refractivity contribution in [3.63, 3.8) is 0 Å². The normalized spacial score (nSPS) is 13.2. The lowest BCUT2D eigenvalue weighted by atomic mass is 9.86. The first-order chi connectivity index (χ1) is 14.3. The van der Waals surface area contributed by atoms with Crippen molar-refractivity contribution in [2.45, 2.75) is 26.2 Å². The number of hydrogen-bond acceptors (Lipinski definition) is 0. The Labute approximate surface area is 169 Å². The Balaban J connectivity index is 1.78. The van der Waals surface area contributed by atoms with E-state index < -0.39 is 34.9 Å². The average Bonchev–Trinajstić information content (AvgIpc) is 2.70. The van der Waals surface area contributed by atoms with Crippen molar-refractivity contribution in [1.82, 2.24) is 0 Å². The molecule has 0 spiro atoms. The van der Waals surface area contributed by atoms with E-state index in [9.17, 15) is 26.3 Å². The Morgan fingerprint density at radius 2 is 1.33 bits per heavy atom. The first kappa shape index (κ1) is 20.3. The summed E-state index contributed by atoms with van der Waals surface area (Å²) >= 11 is 0. The summed E-state index contributed by atoms with van der Waals surface area (Å²) in [4.78, 5) is 0. The highest BCUT2D eigenvalue weighted by Crippen LogP contribution is 2.37. The monoisotopic (exact) mass is 418 g/mol. The molecule has 0 aromatic heterocycles. The Hall–Kier alpha value is -3.02. The minimum Gasteiger partial charge on any atom is -0.206 e. The molecule has 3 aromatic carbocycles. The van der Waals surface area contributed by atoms with Gasteiger partial charge in [-0.05, 0) is 83.5 Å². The molecule has 0 saturated heterocycles. The number of hydrogen-bond donors (Lipinski definition) is 0. The minimum atomic E-state index is -1.62. The van der Waals surface area contributed by atoms with Gasteiger partial charge in [-0.1, -0.05) is 13.0 Å². The highest BCUT2D eigenvalue weighted by molar-refractivity contribution is 5.86. The summed E-state index contributed by atoms with van der Waals surface area (Å²) in [5.41, 5.74) is 1.70. The third-order valence-electron chi connectivity index (χ3n) is 5.35. The second-order valence-corrected chi connectivity index (χ2v) is 7.24. The fourth-order valence-corrected chi connectivity index (χ4v) is 3.78. The Morgan fingerprint density at radius 3 is 1.93 bits per heavy atom. The van der Waals surface area contributed by atoms with Crippen LogP contribution >= 0.6 is 0 Å². The topological polar surface area (TPSA) is 0 Å². The van der Waals surface area contributed by atoms with E-state index in [0.29, 0.717) is 41.5 Å². The van der Waals surface area contributed by atoms with Crippen molar-refractivity contribution in [2.75, 3.05) is 0 Å². The van der Waals surface area contributed by atoms with Crippen LogP contribution in [0.5, 0.6) is 0 Å². The number of benzene rings is 3. The molecule has 0 amide bonds. The van der Waals surface area contributed by atoms with Gasteiger partial charge in [0.05, 0.1) is 0 Å². The highest BCUT2D eigenvalue weighted by Gasteiger charge is 2.22. The van der Waals surface area contributed by atoms with Crippen molar-refractivity contribution in [3.05, 3.63) is 93.6 Å². The number of allylic oxidation sites excluding steroid dienone is 1. The molecule has 1 aliphatic rings. The molecule has 0 unspecified atom stereocenters. The fourth-order valence-electron chi connectivity index (χ4n) is 3.78. The molecule has 0 fully saturated rings. The lowest BCUT2D eigenvalue weighted by Crippen LogP contribution is -2.05. The number of rotatable bonds is 3. The van der Waals surface area contributed by atoms with E-state index in [-0.39, 0.29) is 16.7 Å². The molecule has 0 nitrogen and oxygen atoms in total. The molecule has 6 heteroatoms. The summed E-state index contributed by atoms with van der Waals surface area (Å²) in [5.74, 6) is -6.56. The van der Waals surface area contributed by atoms with Gasteiger partial charge in [0, 0.05) is 11.1 Å². The highest BCUT2D eigenvalue weighted by atomic mass is 19.2. The van der Waals surface area contributed by atoms with Gasteiger partial charge in [-0.15, -0.1) is 0 Å². The SMILES string of the molecule is CCc1cc(F)c(C2=Cc3cc(F)c(-c4cc(F)c(F)c(F)c4)cc3CC2)c(F)c1. The molecule has 30 heavy (non-hydrogen) atoms. The van der Waals surface area contributed by atoms with Gasteiger partial charge in [0.15, 0.2) is 17.5 Å². The summed E-state index contributed by atoms with van der Waals surface area (Å²) in [6.45, 7) is 1.79. The summed E-state index contributed by atoms with van der Waals surface area (Å²) in [6.07, 6.45) is 2.68. The third kappa shape index (κ3) is 3.51. The van der Waals surface area contributed by atoms with Crippen LogP contribution in [0, 0.1) is 34.9 Å². The van der Waals surface area contributed by atoms with Crippen molar-refractivity contribution < 1.29 is 26.3 Å². The summed E-state index contributed by atoms with van der Waals surface area (Å²) in [5, 5.41) is 0. The maximum atomic E-state index is 14.7. The van der Waals surface area contributed by atoms with Crippen molar-refractivity contribution >= 4 is 11.6 Å². The van der Waals surface area contributed by atoms with Crippen LogP contribution in [0.4, 0.5) is 26.3 Å². The van der Waals surface area contributed by atoms with Crippen molar-refractivity contribution in [1.29, 1.82) is 0 Å². The molecule has 154 valence electrons. The van der Waals surface area contributed by atoms with E-state index in [1.54, 1.807) is 6.92 Å². The molecule has 0 saturated carbocycles. The van der Waals surface area contributed by atoms with E-state index in [1.165, 1.54) is 24.3 Å². The molecular formula is C24H16F6. The van der Waals surface area contributed by atoms with Crippen LogP contribution in [0.1, 0.15) is 35.6 Å². The Morgan fingerprint density at radius 1 is 0.700 bits per heavy atom. The number of fused-ring (bicyclic) bond motifs is 1. The van der Waals surface area contributed by atoms with Crippen LogP contribution in [0.15, 0.2) is 36.4 Å². The summed E-state index contributed by atoms with van der Waals surface area (Å²) < 4.78 is 83.9. The first-order valence-corrected chi connectivity index (χ1v) is 9.44. The zero-order valence-corrected chi connectivity index (χ0v) is 15.9. The minimum absolute atomic E-state index is 0.0759. The average molecular weight is 418 g/mol. The maximum Gasteiger partial charge on any atom is 0.194 e. The second kappa shape index (κ2) is 7.67. The maximum absolute atomic E-state index is 14.7. The van der Waals surface area contributed by atoms with Gasteiger partial charge >= 0.3 is 0 Å². The quantitative estimate of drug-likeness (QED) is 0.311. The van der Waals surface area contributed by atoms with Gasteiger partial charge in [-0.25, -0.2) is 26.3 Å². The molecular weight excluding hydrogens is 402 g/mol. The second-order valence-electron chi connectivity index (χ2n) is 7.24. The lowest BCUT2D eigenvalue weighted by Gasteiger charge is -2.20. The predicted molar refractivity (Wildman–Crippen MR) is 104 cm³/mol. The van der Waals surface area contributed by atoms with E-state index in [1.807, 2.05) is 0 Å². The molecule has 1 aliphatic carbocycles. The molecule has 0 heterocycles. The fraction of sp³-hybridized carbons (Fsp3) is 0.167. The van der Waals surface area contributed by atoms with Crippen LogP contribution in [0.3, 0.4) is 0 Å². The van der Waals surface area contributed by atoms with E-state index in [0.717, 1.165) is 18.2 Å². The zero-order chi connectivity index (χ0) is 21.6. The van der Waals surface area contributed by atoms with Crippen LogP contribution in [-0.4, -0.2) is 0 Å². The molecule has 0 radical (unpaired) electrons. The summed E-state index contributed by atoms with van der Waals surface area (Å²) in [7, 11) is 0. The molecule has 0 aliphatic heterocycles. The molecule has 0 bridgehead atoms.